The summed E-state index contributed by atoms with van der Waals surface area (Å²) in [7, 11) is -1.76. The summed E-state index contributed by atoms with van der Waals surface area (Å²) < 4.78 is 0. The van der Waals surface area contributed by atoms with Crippen LogP contribution in [0.2, 0.25) is 16.6 Å². The Morgan fingerprint density at radius 1 is 1.15 bits per heavy atom. The monoisotopic (exact) mass is 310 g/mol. The fraction of sp³-hybridized carbons (Fsp3) is 0.667. The molecule has 0 bridgehead atoms. The average Bonchev–Trinajstić information content (AvgIpc) is 2.43. The zero-order valence-corrected chi connectivity index (χ0v) is 15.6. The molecule has 0 aliphatic heterocycles. The molecule has 0 saturated carbocycles. The zero-order valence-electron chi connectivity index (χ0n) is 13.9. The minimum atomic E-state index is -1.76. The predicted molar refractivity (Wildman–Crippen MR) is 95.2 cm³/mol. The first-order chi connectivity index (χ1) is 9.33. The smallest absolute Gasteiger partial charge is 0.164 e. The van der Waals surface area contributed by atoms with Crippen LogP contribution in [0.1, 0.15) is 59.4 Å². The van der Waals surface area contributed by atoms with Gasteiger partial charge in [-0.1, -0.05) is 77.8 Å². The maximum atomic E-state index is 7.25. The average molecular weight is 311 g/mol. The number of hydrogen-bond acceptors (Lipinski definition) is 0. The summed E-state index contributed by atoms with van der Waals surface area (Å²) in [5, 5.41) is 0.285. The third-order valence-electron chi connectivity index (χ3n) is 4.82. The first-order valence-electron chi connectivity index (χ1n) is 8.06. The number of rotatable bonds is 8. The molecule has 0 aliphatic carbocycles. The summed E-state index contributed by atoms with van der Waals surface area (Å²) >= 11 is 7.25. The molecule has 1 rings (SSSR count). The third kappa shape index (κ3) is 4.36. The zero-order chi connectivity index (χ0) is 15.2. The van der Waals surface area contributed by atoms with E-state index >= 15 is 0 Å². The van der Waals surface area contributed by atoms with Crippen molar-refractivity contribution in [3.05, 3.63) is 35.9 Å². The largest absolute Gasteiger partial charge is 0.166 e. The van der Waals surface area contributed by atoms with E-state index < -0.39 is 7.38 Å². The summed E-state index contributed by atoms with van der Waals surface area (Å²) in [6.07, 6.45) is 4.88. The van der Waals surface area contributed by atoms with Gasteiger partial charge in [-0.25, -0.2) is 0 Å². The molecule has 0 N–H and O–H groups in total. The van der Waals surface area contributed by atoms with Crippen LogP contribution in [0.25, 0.3) is 0 Å². The molecule has 20 heavy (non-hydrogen) atoms. The van der Waals surface area contributed by atoms with E-state index in [-0.39, 0.29) is 5.04 Å². The van der Waals surface area contributed by atoms with Gasteiger partial charge in [0.2, 0.25) is 0 Å². The number of unbranched alkanes of at least 4 members (excludes halogenated alkanes) is 1. The number of benzene rings is 1. The molecule has 0 heterocycles. The number of hydrogen-bond donors (Lipinski definition) is 0. The molecule has 0 aliphatic rings. The van der Waals surface area contributed by atoms with Crippen LogP contribution < -0.4 is 0 Å². The highest BCUT2D eigenvalue weighted by Gasteiger charge is 2.47. The van der Waals surface area contributed by atoms with Gasteiger partial charge in [0.05, 0.1) is 0 Å². The summed E-state index contributed by atoms with van der Waals surface area (Å²) in [5.74, 6) is 0. The van der Waals surface area contributed by atoms with Crippen molar-refractivity contribution in [1.82, 2.24) is 0 Å². The Kier molecular flexibility index (Phi) is 6.80. The van der Waals surface area contributed by atoms with Gasteiger partial charge in [0.25, 0.3) is 0 Å². The molecule has 2 heteroatoms. The summed E-state index contributed by atoms with van der Waals surface area (Å²) in [4.78, 5) is 0. The van der Waals surface area contributed by atoms with E-state index in [0.717, 1.165) is 6.42 Å². The third-order valence-corrected chi connectivity index (χ3v) is 13.6. The molecule has 1 aromatic carbocycles. The van der Waals surface area contributed by atoms with E-state index in [1.807, 2.05) is 0 Å². The second-order valence-corrected chi connectivity index (χ2v) is 13.7. The first kappa shape index (κ1) is 17.8. The summed E-state index contributed by atoms with van der Waals surface area (Å²) in [5.41, 5.74) is 2.08. The molecule has 1 aromatic rings. The van der Waals surface area contributed by atoms with Crippen molar-refractivity contribution in [3.63, 3.8) is 0 Å². The van der Waals surface area contributed by atoms with Crippen LogP contribution in [-0.4, -0.2) is 7.38 Å². The maximum Gasteiger partial charge on any atom is 0.164 e. The minimum Gasteiger partial charge on any atom is -0.166 e. The molecule has 0 spiro atoms. The van der Waals surface area contributed by atoms with Crippen molar-refractivity contribution >= 4 is 18.5 Å². The van der Waals surface area contributed by atoms with Crippen LogP contribution in [0, 0.1) is 0 Å². The Balaban J connectivity index is 2.77. The predicted octanol–water partition coefficient (Wildman–Crippen LogP) is 6.79. The number of halogens is 1. The van der Waals surface area contributed by atoms with Crippen molar-refractivity contribution < 1.29 is 0 Å². The Hall–Kier alpha value is -0.273. The molecule has 114 valence electrons. The lowest BCUT2D eigenvalue weighted by molar-refractivity contribution is 0.570. The van der Waals surface area contributed by atoms with Gasteiger partial charge >= 0.3 is 0 Å². The van der Waals surface area contributed by atoms with Gasteiger partial charge in [-0.05, 0) is 35.0 Å². The highest BCUT2D eigenvalue weighted by molar-refractivity contribution is 7.22. The Labute approximate surface area is 131 Å². The van der Waals surface area contributed by atoms with Gasteiger partial charge in [-0.3, -0.25) is 0 Å². The van der Waals surface area contributed by atoms with Crippen LogP contribution in [0.3, 0.4) is 0 Å². The van der Waals surface area contributed by atoms with E-state index in [1.54, 1.807) is 0 Å². The van der Waals surface area contributed by atoms with Gasteiger partial charge < -0.3 is 0 Å². The minimum absolute atomic E-state index is 0.285. The van der Waals surface area contributed by atoms with Crippen LogP contribution in [0.5, 0.6) is 0 Å². The fourth-order valence-corrected chi connectivity index (χ4v) is 8.06. The molecule has 0 saturated heterocycles. The highest BCUT2D eigenvalue weighted by atomic mass is 35.6. The molecule has 0 amide bonds. The van der Waals surface area contributed by atoms with Gasteiger partial charge in [-0.2, -0.15) is 11.1 Å². The van der Waals surface area contributed by atoms with Crippen LogP contribution >= 0.6 is 11.1 Å². The molecular weight excluding hydrogens is 280 g/mol. The highest BCUT2D eigenvalue weighted by Crippen LogP contribution is 2.52. The van der Waals surface area contributed by atoms with Crippen LogP contribution in [0.4, 0.5) is 0 Å². The van der Waals surface area contributed by atoms with Crippen LogP contribution in [0.15, 0.2) is 30.3 Å². The standard InChI is InChI=1S/C18H31ClSi/c1-6-7-15-20(19,16(2)3)18(4,5)14-13-17-11-9-8-10-12-17/h8-12,16H,6-7,13-15H2,1-5H3. The van der Waals surface area contributed by atoms with Gasteiger partial charge in [0.15, 0.2) is 7.38 Å². The Morgan fingerprint density at radius 2 is 1.75 bits per heavy atom. The van der Waals surface area contributed by atoms with Gasteiger partial charge in [0, 0.05) is 0 Å². The van der Waals surface area contributed by atoms with Crippen LogP contribution in [-0.2, 0) is 6.42 Å². The first-order valence-corrected chi connectivity index (χ1v) is 11.4. The lowest BCUT2D eigenvalue weighted by atomic mass is 10.0. The second-order valence-electron chi connectivity index (χ2n) is 6.99. The maximum absolute atomic E-state index is 7.25. The van der Waals surface area contributed by atoms with E-state index in [9.17, 15) is 0 Å². The van der Waals surface area contributed by atoms with Crippen molar-refractivity contribution in [1.29, 1.82) is 0 Å². The van der Waals surface area contributed by atoms with Crippen molar-refractivity contribution in [2.24, 2.45) is 0 Å². The lowest BCUT2D eigenvalue weighted by Gasteiger charge is -2.43. The lowest BCUT2D eigenvalue weighted by Crippen LogP contribution is -2.43. The Morgan fingerprint density at radius 3 is 2.25 bits per heavy atom. The molecule has 1 atom stereocenters. The molecular formula is C18H31ClSi. The fourth-order valence-electron chi connectivity index (χ4n) is 3.15. The Bertz CT molecular complexity index is 386. The number of aryl methyl sites for hydroxylation is 1. The summed E-state index contributed by atoms with van der Waals surface area (Å²) in [6, 6.07) is 12.1. The molecule has 0 aromatic heterocycles. The van der Waals surface area contributed by atoms with Gasteiger partial charge in [0.1, 0.15) is 0 Å². The second kappa shape index (κ2) is 7.65. The molecule has 0 fully saturated rings. The topological polar surface area (TPSA) is 0 Å². The van der Waals surface area contributed by atoms with E-state index in [0.29, 0.717) is 5.54 Å². The van der Waals surface area contributed by atoms with E-state index in [2.05, 4.69) is 65.0 Å². The summed E-state index contributed by atoms with van der Waals surface area (Å²) in [6.45, 7) is 11.7. The van der Waals surface area contributed by atoms with Crippen molar-refractivity contribution in [3.8, 4) is 0 Å². The normalized spacial score (nSPS) is 15.3. The molecule has 0 radical (unpaired) electrons. The van der Waals surface area contributed by atoms with Crippen molar-refractivity contribution in [2.45, 2.75) is 76.9 Å². The van der Waals surface area contributed by atoms with E-state index in [1.165, 1.54) is 30.9 Å². The van der Waals surface area contributed by atoms with Crippen molar-refractivity contribution in [2.75, 3.05) is 0 Å². The van der Waals surface area contributed by atoms with E-state index in [4.69, 9.17) is 11.1 Å². The quantitative estimate of drug-likeness (QED) is 0.366. The van der Waals surface area contributed by atoms with Gasteiger partial charge in [-0.15, -0.1) is 0 Å². The SMILES string of the molecule is CCCC[Si](Cl)(C(C)C)C(C)(C)CCc1ccccc1. The molecule has 0 nitrogen and oxygen atoms in total. The molecule has 1 unspecified atom stereocenters.